The molecule has 0 saturated heterocycles. The predicted octanol–water partition coefficient (Wildman–Crippen LogP) is 2.06. The summed E-state index contributed by atoms with van der Waals surface area (Å²) in [4.78, 5) is 11.2. The van der Waals surface area contributed by atoms with Crippen molar-refractivity contribution in [3.8, 4) is 0 Å². The lowest BCUT2D eigenvalue weighted by Crippen LogP contribution is -2.54. The molecule has 1 atom stereocenters. The summed E-state index contributed by atoms with van der Waals surface area (Å²) in [6.45, 7) is 3.95. The van der Waals surface area contributed by atoms with Gasteiger partial charge in [0.25, 0.3) is 0 Å². The normalized spacial score (nSPS) is 32.8. The van der Waals surface area contributed by atoms with Crippen LogP contribution in [0.3, 0.4) is 0 Å². The average Bonchev–Trinajstić information content (AvgIpc) is 2.03. The summed E-state index contributed by atoms with van der Waals surface area (Å²) in [7, 11) is 1.50. The number of ether oxygens (including phenoxy) is 1. The van der Waals surface area contributed by atoms with Crippen molar-refractivity contribution in [3.05, 3.63) is 0 Å². The van der Waals surface area contributed by atoms with Gasteiger partial charge >= 0.3 is 5.97 Å². The fourth-order valence-corrected chi connectivity index (χ4v) is 2.34. The highest BCUT2D eigenvalue weighted by Gasteiger charge is 2.53. The number of hydrogen-bond donors (Lipinski definition) is 1. The lowest BCUT2D eigenvalue weighted by atomic mass is 9.65. The highest BCUT2D eigenvalue weighted by Crippen LogP contribution is 2.46. The summed E-state index contributed by atoms with van der Waals surface area (Å²) < 4.78 is 5.26. The number of carboxylic acids is 1. The smallest absolute Gasteiger partial charge is 0.336 e. The molecule has 1 fully saturated rings. The molecular weight excluding hydrogens is 168 g/mol. The van der Waals surface area contributed by atoms with Crippen LogP contribution in [0.4, 0.5) is 0 Å². The zero-order valence-electron chi connectivity index (χ0n) is 8.59. The molecule has 0 aliphatic heterocycles. The molecule has 0 heterocycles. The zero-order chi connectivity index (χ0) is 10.1. The molecule has 0 aromatic heterocycles. The van der Waals surface area contributed by atoms with Gasteiger partial charge in [0, 0.05) is 12.5 Å². The van der Waals surface area contributed by atoms with Crippen molar-refractivity contribution in [2.24, 2.45) is 5.41 Å². The first-order valence-corrected chi connectivity index (χ1v) is 4.75. The molecule has 76 valence electrons. The van der Waals surface area contributed by atoms with E-state index in [0.717, 1.165) is 19.3 Å². The van der Waals surface area contributed by atoms with E-state index in [0.29, 0.717) is 6.42 Å². The van der Waals surface area contributed by atoms with Crippen molar-refractivity contribution >= 4 is 5.97 Å². The van der Waals surface area contributed by atoms with Gasteiger partial charge in [-0.25, -0.2) is 4.79 Å². The number of hydrogen-bond acceptors (Lipinski definition) is 2. The van der Waals surface area contributed by atoms with E-state index in [1.165, 1.54) is 7.11 Å². The van der Waals surface area contributed by atoms with Crippen molar-refractivity contribution in [3.63, 3.8) is 0 Å². The van der Waals surface area contributed by atoms with E-state index in [2.05, 4.69) is 0 Å². The second-order valence-electron chi connectivity index (χ2n) is 4.43. The van der Waals surface area contributed by atoms with Gasteiger partial charge in [0.15, 0.2) is 5.60 Å². The lowest BCUT2D eigenvalue weighted by molar-refractivity contribution is -0.186. The maximum atomic E-state index is 11.2. The summed E-state index contributed by atoms with van der Waals surface area (Å²) in [5.74, 6) is -0.820. The van der Waals surface area contributed by atoms with E-state index in [1.54, 1.807) is 0 Å². The third-order valence-electron chi connectivity index (χ3n) is 3.37. The molecule has 0 aromatic rings. The molecule has 13 heavy (non-hydrogen) atoms. The number of carboxylic acid groups (broad SMARTS) is 1. The molecule has 1 N–H and O–H groups in total. The molecule has 1 aliphatic rings. The molecule has 1 unspecified atom stereocenters. The van der Waals surface area contributed by atoms with Gasteiger partial charge in [-0.2, -0.15) is 0 Å². The number of carbonyl (C=O) groups is 1. The van der Waals surface area contributed by atoms with Crippen molar-refractivity contribution in [1.29, 1.82) is 0 Å². The fourth-order valence-electron chi connectivity index (χ4n) is 2.34. The van der Waals surface area contributed by atoms with Crippen molar-refractivity contribution in [2.45, 2.75) is 45.1 Å². The second kappa shape index (κ2) is 3.29. The lowest BCUT2D eigenvalue weighted by Gasteiger charge is -2.45. The SMILES string of the molecule is COC1(C(=O)O)CCCCC1(C)C. The van der Waals surface area contributed by atoms with Crippen LogP contribution >= 0.6 is 0 Å². The minimum absolute atomic E-state index is 0.258. The number of rotatable bonds is 2. The van der Waals surface area contributed by atoms with Crippen LogP contribution < -0.4 is 0 Å². The van der Waals surface area contributed by atoms with Gasteiger partial charge in [0.1, 0.15) is 0 Å². The Labute approximate surface area is 79.1 Å². The van der Waals surface area contributed by atoms with Gasteiger partial charge < -0.3 is 9.84 Å². The van der Waals surface area contributed by atoms with E-state index in [1.807, 2.05) is 13.8 Å². The Balaban J connectivity index is 2.99. The Bertz CT molecular complexity index is 210. The first kappa shape index (κ1) is 10.5. The Kier molecular flexibility index (Phi) is 2.66. The highest BCUT2D eigenvalue weighted by atomic mass is 16.5. The van der Waals surface area contributed by atoms with Gasteiger partial charge in [-0.15, -0.1) is 0 Å². The van der Waals surface area contributed by atoms with Gasteiger partial charge in [-0.3, -0.25) is 0 Å². The summed E-state index contributed by atoms with van der Waals surface area (Å²) >= 11 is 0. The topological polar surface area (TPSA) is 46.5 Å². The van der Waals surface area contributed by atoms with Gasteiger partial charge in [-0.05, 0) is 19.3 Å². The van der Waals surface area contributed by atoms with Crippen molar-refractivity contribution < 1.29 is 14.6 Å². The molecule has 3 nitrogen and oxygen atoms in total. The van der Waals surface area contributed by atoms with Gasteiger partial charge in [-0.1, -0.05) is 20.3 Å². The third kappa shape index (κ3) is 1.46. The zero-order valence-corrected chi connectivity index (χ0v) is 8.59. The Hall–Kier alpha value is -0.570. The first-order valence-electron chi connectivity index (χ1n) is 4.75. The van der Waals surface area contributed by atoms with E-state index in [-0.39, 0.29) is 5.41 Å². The molecule has 0 aromatic carbocycles. The standard InChI is InChI=1S/C10H18O3/c1-9(2)6-4-5-7-10(9,13-3)8(11)12/h4-7H2,1-3H3,(H,11,12). The highest BCUT2D eigenvalue weighted by molar-refractivity contribution is 5.78. The van der Waals surface area contributed by atoms with Crippen LogP contribution in [0.15, 0.2) is 0 Å². The minimum atomic E-state index is -0.967. The summed E-state index contributed by atoms with van der Waals surface area (Å²) in [5, 5.41) is 9.20. The summed E-state index contributed by atoms with van der Waals surface area (Å²) in [6, 6.07) is 0. The van der Waals surface area contributed by atoms with Crippen LogP contribution in [0.2, 0.25) is 0 Å². The van der Waals surface area contributed by atoms with Crippen molar-refractivity contribution in [1.82, 2.24) is 0 Å². The van der Waals surface area contributed by atoms with E-state index < -0.39 is 11.6 Å². The van der Waals surface area contributed by atoms with Crippen LogP contribution in [0.25, 0.3) is 0 Å². The maximum Gasteiger partial charge on any atom is 0.336 e. The van der Waals surface area contributed by atoms with E-state index in [9.17, 15) is 9.90 Å². The van der Waals surface area contributed by atoms with Crippen LogP contribution in [0.5, 0.6) is 0 Å². The Morgan fingerprint density at radius 3 is 2.15 bits per heavy atom. The molecular formula is C10H18O3. The average molecular weight is 186 g/mol. The van der Waals surface area contributed by atoms with Crippen LogP contribution in [-0.2, 0) is 9.53 Å². The Morgan fingerprint density at radius 1 is 1.31 bits per heavy atom. The third-order valence-corrected chi connectivity index (χ3v) is 3.37. The van der Waals surface area contributed by atoms with Crippen LogP contribution in [0.1, 0.15) is 39.5 Å². The molecule has 0 radical (unpaired) electrons. The largest absolute Gasteiger partial charge is 0.479 e. The summed E-state index contributed by atoms with van der Waals surface area (Å²) in [6.07, 6.45) is 3.61. The predicted molar refractivity (Wildman–Crippen MR) is 49.6 cm³/mol. The summed E-state index contributed by atoms with van der Waals surface area (Å²) in [5.41, 5.74) is -1.23. The minimum Gasteiger partial charge on any atom is -0.479 e. The number of aliphatic carboxylic acids is 1. The van der Waals surface area contributed by atoms with Gasteiger partial charge in [0.05, 0.1) is 0 Å². The van der Waals surface area contributed by atoms with Gasteiger partial charge in [0.2, 0.25) is 0 Å². The molecule has 1 saturated carbocycles. The monoisotopic (exact) mass is 186 g/mol. The Morgan fingerprint density at radius 2 is 1.85 bits per heavy atom. The fraction of sp³-hybridized carbons (Fsp3) is 0.900. The molecule has 0 amide bonds. The molecule has 1 rings (SSSR count). The van der Waals surface area contributed by atoms with E-state index in [4.69, 9.17) is 4.74 Å². The van der Waals surface area contributed by atoms with Crippen LogP contribution in [-0.4, -0.2) is 23.8 Å². The van der Waals surface area contributed by atoms with Crippen LogP contribution in [0, 0.1) is 5.41 Å². The molecule has 0 spiro atoms. The van der Waals surface area contributed by atoms with Crippen molar-refractivity contribution in [2.75, 3.05) is 7.11 Å². The second-order valence-corrected chi connectivity index (χ2v) is 4.43. The molecule has 1 aliphatic carbocycles. The first-order chi connectivity index (χ1) is 5.96. The molecule has 3 heteroatoms. The maximum absolute atomic E-state index is 11.2. The quantitative estimate of drug-likeness (QED) is 0.718. The van der Waals surface area contributed by atoms with E-state index >= 15 is 0 Å². The molecule has 0 bridgehead atoms. The number of methoxy groups -OCH3 is 1.